The van der Waals surface area contributed by atoms with Gasteiger partial charge in [-0.1, -0.05) is 19.1 Å². The van der Waals surface area contributed by atoms with Gasteiger partial charge in [-0.15, -0.1) is 0 Å². The quantitative estimate of drug-likeness (QED) is 0.909. The lowest BCUT2D eigenvalue weighted by atomic mass is 9.94. The van der Waals surface area contributed by atoms with Crippen LogP contribution in [0.4, 0.5) is 4.39 Å². The Morgan fingerprint density at radius 3 is 2.47 bits per heavy atom. The first kappa shape index (κ1) is 14.0. The molecular weight excluding hydrogens is 245 g/mol. The maximum atomic E-state index is 13.0. The molecule has 19 heavy (non-hydrogen) atoms. The van der Waals surface area contributed by atoms with Crippen molar-refractivity contribution in [2.45, 2.75) is 32.2 Å². The van der Waals surface area contributed by atoms with Crippen LogP contribution in [-0.4, -0.2) is 29.1 Å². The molecule has 1 fully saturated rings. The van der Waals surface area contributed by atoms with Crippen LogP contribution in [0.1, 0.15) is 37.8 Å². The fourth-order valence-corrected chi connectivity index (χ4v) is 2.65. The van der Waals surface area contributed by atoms with Crippen molar-refractivity contribution in [2.24, 2.45) is 5.92 Å². The summed E-state index contributed by atoms with van der Waals surface area (Å²) in [5.41, 5.74) is 0.887. The Bertz CT molecular complexity index is 424. The highest BCUT2D eigenvalue weighted by molar-refractivity contribution is 5.68. The summed E-state index contributed by atoms with van der Waals surface area (Å²) in [7, 11) is 0. The van der Waals surface area contributed by atoms with Crippen LogP contribution in [0.5, 0.6) is 0 Å². The zero-order valence-electron chi connectivity index (χ0n) is 11.2. The minimum Gasteiger partial charge on any atom is -0.481 e. The van der Waals surface area contributed by atoms with Crippen molar-refractivity contribution in [1.82, 2.24) is 4.90 Å². The molecule has 1 aliphatic rings. The molecule has 1 N–H and O–H groups in total. The molecule has 104 valence electrons. The van der Waals surface area contributed by atoms with E-state index < -0.39 is 5.97 Å². The lowest BCUT2D eigenvalue weighted by molar-refractivity contribution is -0.138. The summed E-state index contributed by atoms with van der Waals surface area (Å²) in [6.45, 7) is 4.05. The molecule has 0 saturated carbocycles. The van der Waals surface area contributed by atoms with Crippen LogP contribution >= 0.6 is 0 Å². The molecular formula is C15H20FNO2. The molecule has 1 aromatic carbocycles. The Hall–Kier alpha value is -1.42. The number of carboxylic acids is 1. The van der Waals surface area contributed by atoms with Gasteiger partial charge in [0.1, 0.15) is 5.82 Å². The topological polar surface area (TPSA) is 40.5 Å². The van der Waals surface area contributed by atoms with Crippen LogP contribution in [0.2, 0.25) is 0 Å². The van der Waals surface area contributed by atoms with E-state index in [9.17, 15) is 9.18 Å². The monoisotopic (exact) mass is 265 g/mol. The van der Waals surface area contributed by atoms with E-state index in [0.717, 1.165) is 31.5 Å². The molecule has 1 aliphatic heterocycles. The molecule has 1 heterocycles. The highest BCUT2D eigenvalue weighted by Crippen LogP contribution is 2.29. The predicted octanol–water partition coefficient (Wildman–Crippen LogP) is 3.07. The Kier molecular flexibility index (Phi) is 4.53. The molecule has 4 heteroatoms. The summed E-state index contributed by atoms with van der Waals surface area (Å²) in [4.78, 5) is 13.3. The molecule has 0 bridgehead atoms. The lowest BCUT2D eigenvalue weighted by Crippen LogP contribution is -2.37. The van der Waals surface area contributed by atoms with Crippen molar-refractivity contribution in [3.8, 4) is 0 Å². The molecule has 3 nitrogen and oxygen atoms in total. The van der Waals surface area contributed by atoms with Crippen molar-refractivity contribution in [2.75, 3.05) is 13.1 Å². The molecule has 0 aliphatic carbocycles. The first-order valence-corrected chi connectivity index (χ1v) is 6.77. The maximum Gasteiger partial charge on any atom is 0.305 e. The summed E-state index contributed by atoms with van der Waals surface area (Å²) >= 11 is 0. The minimum absolute atomic E-state index is 0.0695. The van der Waals surface area contributed by atoms with E-state index in [-0.39, 0.29) is 18.3 Å². The van der Waals surface area contributed by atoms with Gasteiger partial charge >= 0.3 is 5.97 Å². The van der Waals surface area contributed by atoms with E-state index >= 15 is 0 Å². The van der Waals surface area contributed by atoms with E-state index in [4.69, 9.17) is 5.11 Å². The van der Waals surface area contributed by atoms with Gasteiger partial charge in [0.05, 0.1) is 6.42 Å². The largest absolute Gasteiger partial charge is 0.481 e. The van der Waals surface area contributed by atoms with Crippen LogP contribution in [0, 0.1) is 11.7 Å². The molecule has 0 spiro atoms. The average molecular weight is 265 g/mol. The predicted molar refractivity (Wildman–Crippen MR) is 71.4 cm³/mol. The SMILES string of the molecule is CC1CCN(C(CC(=O)O)c2ccc(F)cc2)CC1. The van der Waals surface area contributed by atoms with E-state index in [1.165, 1.54) is 12.1 Å². The number of piperidine rings is 1. The number of hydrogen-bond donors (Lipinski definition) is 1. The molecule has 0 amide bonds. The van der Waals surface area contributed by atoms with Gasteiger partial charge < -0.3 is 5.11 Å². The Morgan fingerprint density at radius 2 is 1.95 bits per heavy atom. The van der Waals surface area contributed by atoms with Crippen LogP contribution in [-0.2, 0) is 4.79 Å². The number of aliphatic carboxylic acids is 1. The van der Waals surface area contributed by atoms with Gasteiger partial charge in [-0.3, -0.25) is 9.69 Å². The second kappa shape index (κ2) is 6.15. The van der Waals surface area contributed by atoms with Crippen molar-refractivity contribution in [1.29, 1.82) is 0 Å². The van der Waals surface area contributed by atoms with Gasteiger partial charge in [-0.2, -0.15) is 0 Å². The van der Waals surface area contributed by atoms with E-state index in [0.29, 0.717) is 5.92 Å². The Morgan fingerprint density at radius 1 is 1.37 bits per heavy atom. The molecule has 1 unspecified atom stereocenters. The molecule has 1 saturated heterocycles. The van der Waals surface area contributed by atoms with Crippen LogP contribution in [0.3, 0.4) is 0 Å². The second-order valence-electron chi connectivity index (χ2n) is 5.38. The highest BCUT2D eigenvalue weighted by Gasteiger charge is 2.26. The third kappa shape index (κ3) is 3.77. The van der Waals surface area contributed by atoms with Crippen LogP contribution in [0.25, 0.3) is 0 Å². The fourth-order valence-electron chi connectivity index (χ4n) is 2.65. The number of rotatable bonds is 4. The van der Waals surface area contributed by atoms with Crippen molar-refractivity contribution < 1.29 is 14.3 Å². The lowest BCUT2D eigenvalue weighted by Gasteiger charge is -2.36. The number of halogens is 1. The standard InChI is InChI=1S/C15H20FNO2/c1-11-6-8-17(9-7-11)14(10-15(18)19)12-2-4-13(16)5-3-12/h2-5,11,14H,6-10H2,1H3,(H,18,19). The molecule has 1 atom stereocenters. The summed E-state index contributed by atoms with van der Waals surface area (Å²) < 4.78 is 13.0. The van der Waals surface area contributed by atoms with E-state index in [1.807, 2.05) is 0 Å². The summed E-state index contributed by atoms with van der Waals surface area (Å²) in [5, 5.41) is 9.08. The van der Waals surface area contributed by atoms with Crippen LogP contribution in [0.15, 0.2) is 24.3 Å². The molecule has 2 rings (SSSR count). The summed E-state index contributed by atoms with van der Waals surface area (Å²) in [5.74, 6) is -0.395. The van der Waals surface area contributed by atoms with E-state index in [1.54, 1.807) is 12.1 Å². The van der Waals surface area contributed by atoms with Gasteiger partial charge in [-0.25, -0.2) is 4.39 Å². The van der Waals surface area contributed by atoms with Crippen LogP contribution < -0.4 is 0 Å². The van der Waals surface area contributed by atoms with Gasteiger partial charge in [-0.05, 0) is 49.5 Å². The minimum atomic E-state index is -0.812. The smallest absolute Gasteiger partial charge is 0.305 e. The first-order chi connectivity index (χ1) is 9.06. The third-order valence-electron chi connectivity index (χ3n) is 3.88. The number of hydrogen-bond acceptors (Lipinski definition) is 2. The van der Waals surface area contributed by atoms with Crippen molar-refractivity contribution in [3.63, 3.8) is 0 Å². The zero-order valence-corrected chi connectivity index (χ0v) is 11.2. The number of carbonyl (C=O) groups is 1. The van der Waals surface area contributed by atoms with Gasteiger partial charge in [0.2, 0.25) is 0 Å². The fraction of sp³-hybridized carbons (Fsp3) is 0.533. The highest BCUT2D eigenvalue weighted by atomic mass is 19.1. The average Bonchev–Trinajstić information content (AvgIpc) is 2.38. The molecule has 1 aromatic rings. The normalized spacial score (nSPS) is 19.3. The number of carboxylic acid groups (broad SMARTS) is 1. The summed E-state index contributed by atoms with van der Waals surface area (Å²) in [6, 6.07) is 6.04. The van der Waals surface area contributed by atoms with E-state index in [2.05, 4.69) is 11.8 Å². The van der Waals surface area contributed by atoms with Crippen molar-refractivity contribution >= 4 is 5.97 Å². The maximum absolute atomic E-state index is 13.0. The first-order valence-electron chi connectivity index (χ1n) is 6.77. The Labute approximate surface area is 113 Å². The van der Waals surface area contributed by atoms with Gasteiger partial charge in [0.25, 0.3) is 0 Å². The second-order valence-corrected chi connectivity index (χ2v) is 5.38. The van der Waals surface area contributed by atoms with Crippen molar-refractivity contribution in [3.05, 3.63) is 35.6 Å². The number of benzene rings is 1. The Balaban J connectivity index is 2.15. The van der Waals surface area contributed by atoms with Gasteiger partial charge in [0.15, 0.2) is 0 Å². The zero-order chi connectivity index (χ0) is 13.8. The molecule has 0 aromatic heterocycles. The number of likely N-dealkylation sites (tertiary alicyclic amines) is 1. The molecule has 0 radical (unpaired) electrons. The number of nitrogens with zero attached hydrogens (tertiary/aromatic N) is 1. The summed E-state index contributed by atoms with van der Waals surface area (Å²) in [6.07, 6.45) is 2.26. The third-order valence-corrected chi connectivity index (χ3v) is 3.88. The van der Waals surface area contributed by atoms with Gasteiger partial charge in [0, 0.05) is 6.04 Å².